The van der Waals surface area contributed by atoms with E-state index in [1.807, 2.05) is 31.2 Å². The molecule has 0 bridgehead atoms. The maximum Gasteiger partial charge on any atom is 0.259 e. The van der Waals surface area contributed by atoms with Crippen LogP contribution in [0.5, 0.6) is 11.5 Å². The summed E-state index contributed by atoms with van der Waals surface area (Å²) in [5, 5.41) is 6.45. The Morgan fingerprint density at radius 2 is 1.78 bits per heavy atom. The topological polar surface area (TPSA) is 89.0 Å². The molecule has 0 fully saturated rings. The van der Waals surface area contributed by atoms with Gasteiger partial charge in [0.1, 0.15) is 11.5 Å². The Morgan fingerprint density at radius 3 is 2.52 bits per heavy atom. The lowest BCUT2D eigenvalue weighted by Crippen LogP contribution is -2.35. The molecule has 0 aliphatic carbocycles. The van der Waals surface area contributed by atoms with E-state index in [4.69, 9.17) is 9.47 Å². The zero-order valence-electron chi connectivity index (χ0n) is 15.4. The lowest BCUT2D eigenvalue weighted by atomic mass is 10.2. The van der Waals surface area contributed by atoms with Crippen molar-refractivity contribution in [1.29, 1.82) is 0 Å². The van der Waals surface area contributed by atoms with Crippen LogP contribution in [0.2, 0.25) is 0 Å². The molecule has 0 heterocycles. The van der Waals surface area contributed by atoms with Crippen LogP contribution in [0.4, 0.5) is 0 Å². The fourth-order valence-electron chi connectivity index (χ4n) is 2.23. The minimum atomic E-state index is -0.443. The van der Waals surface area contributed by atoms with E-state index in [1.165, 1.54) is 13.3 Å². The summed E-state index contributed by atoms with van der Waals surface area (Å²) in [5.41, 5.74) is 3.49. The van der Waals surface area contributed by atoms with Gasteiger partial charge in [0.2, 0.25) is 0 Å². The van der Waals surface area contributed by atoms with Crippen LogP contribution in [0.3, 0.4) is 0 Å². The molecule has 27 heavy (non-hydrogen) atoms. The average Bonchev–Trinajstić information content (AvgIpc) is 2.71. The molecule has 0 aliphatic heterocycles. The molecular formula is C20H23N3O4. The summed E-state index contributed by atoms with van der Waals surface area (Å²) in [5.74, 6) is 0.297. The van der Waals surface area contributed by atoms with Crippen molar-refractivity contribution in [1.82, 2.24) is 10.7 Å². The van der Waals surface area contributed by atoms with E-state index >= 15 is 0 Å². The summed E-state index contributed by atoms with van der Waals surface area (Å²) in [6.07, 6.45) is 2.40. The van der Waals surface area contributed by atoms with E-state index in [1.54, 1.807) is 24.3 Å². The second-order valence-corrected chi connectivity index (χ2v) is 5.56. The number of carbonyl (C=O) groups is 2. The van der Waals surface area contributed by atoms with Crippen LogP contribution >= 0.6 is 0 Å². The first kappa shape index (κ1) is 20.0. The van der Waals surface area contributed by atoms with Gasteiger partial charge in [0.15, 0.2) is 0 Å². The Hall–Kier alpha value is -3.35. The first-order chi connectivity index (χ1) is 13.2. The molecule has 142 valence electrons. The number of amides is 2. The highest BCUT2D eigenvalue weighted by Crippen LogP contribution is 2.17. The van der Waals surface area contributed by atoms with Gasteiger partial charge in [-0.25, -0.2) is 5.43 Å². The van der Waals surface area contributed by atoms with Gasteiger partial charge in [-0.1, -0.05) is 31.2 Å². The molecule has 0 aromatic heterocycles. The van der Waals surface area contributed by atoms with Gasteiger partial charge >= 0.3 is 0 Å². The Morgan fingerprint density at radius 1 is 1.07 bits per heavy atom. The van der Waals surface area contributed by atoms with E-state index < -0.39 is 11.8 Å². The second-order valence-electron chi connectivity index (χ2n) is 5.56. The summed E-state index contributed by atoms with van der Waals surface area (Å²) in [6.45, 7) is 2.42. The molecule has 2 amide bonds. The molecule has 0 unspecified atom stereocenters. The molecule has 7 heteroatoms. The number of hydrogen-bond donors (Lipinski definition) is 2. The first-order valence-corrected chi connectivity index (χ1v) is 8.60. The van der Waals surface area contributed by atoms with E-state index in [0.717, 1.165) is 12.0 Å². The number of nitrogens with one attached hydrogen (secondary N) is 2. The van der Waals surface area contributed by atoms with E-state index in [0.29, 0.717) is 23.7 Å². The number of rotatable bonds is 9. The van der Waals surface area contributed by atoms with Crippen LogP contribution in [0.25, 0.3) is 0 Å². The van der Waals surface area contributed by atoms with Crippen LogP contribution < -0.4 is 20.2 Å². The fraction of sp³-hybridized carbons (Fsp3) is 0.250. The summed E-state index contributed by atoms with van der Waals surface area (Å²) in [6, 6.07) is 14.2. The third-order valence-electron chi connectivity index (χ3n) is 3.53. The van der Waals surface area contributed by atoms with Crippen molar-refractivity contribution in [2.75, 3.05) is 20.3 Å². The van der Waals surface area contributed by atoms with Crippen LogP contribution in [-0.2, 0) is 4.79 Å². The number of hydrazone groups is 1. The Kier molecular flexibility index (Phi) is 7.84. The fourth-order valence-corrected chi connectivity index (χ4v) is 2.23. The van der Waals surface area contributed by atoms with Crippen molar-refractivity contribution in [2.24, 2.45) is 5.10 Å². The Bertz CT molecular complexity index is 805. The van der Waals surface area contributed by atoms with Gasteiger partial charge in [-0.3, -0.25) is 9.59 Å². The zero-order valence-corrected chi connectivity index (χ0v) is 15.4. The molecule has 2 rings (SSSR count). The molecule has 0 saturated carbocycles. The zero-order chi connectivity index (χ0) is 19.5. The van der Waals surface area contributed by atoms with Crippen molar-refractivity contribution < 1.29 is 19.1 Å². The molecule has 0 aliphatic rings. The molecule has 7 nitrogen and oxygen atoms in total. The molecule has 0 spiro atoms. The second kappa shape index (κ2) is 10.6. The van der Waals surface area contributed by atoms with Crippen LogP contribution in [0, 0.1) is 0 Å². The Balaban J connectivity index is 1.86. The van der Waals surface area contributed by atoms with Gasteiger partial charge in [0, 0.05) is 5.56 Å². The van der Waals surface area contributed by atoms with Crippen molar-refractivity contribution >= 4 is 18.0 Å². The smallest absolute Gasteiger partial charge is 0.259 e. The minimum absolute atomic E-state index is 0.206. The highest BCUT2D eigenvalue weighted by molar-refractivity contribution is 5.98. The maximum absolute atomic E-state index is 12.1. The first-order valence-electron chi connectivity index (χ1n) is 8.60. The van der Waals surface area contributed by atoms with Gasteiger partial charge in [-0.05, 0) is 30.7 Å². The number of carbonyl (C=O) groups excluding carboxylic acids is 2. The van der Waals surface area contributed by atoms with Crippen molar-refractivity contribution in [3.63, 3.8) is 0 Å². The van der Waals surface area contributed by atoms with E-state index in [9.17, 15) is 9.59 Å². The Labute approximate surface area is 158 Å². The molecule has 0 atom stereocenters. The molecule has 2 aromatic rings. The lowest BCUT2D eigenvalue weighted by molar-refractivity contribution is -0.120. The molecular weight excluding hydrogens is 346 g/mol. The standard InChI is InChI=1S/C20H23N3O4/c1-3-12-27-17-10-6-4-8-15(17)13-22-23-19(24)14-21-20(25)16-9-5-7-11-18(16)26-2/h4-11,13H,3,12,14H2,1-2H3,(H,21,25)(H,23,24). The number of methoxy groups -OCH3 is 1. The van der Waals surface area contributed by atoms with Crippen LogP contribution in [-0.4, -0.2) is 38.3 Å². The van der Waals surface area contributed by atoms with Gasteiger partial charge in [-0.15, -0.1) is 0 Å². The predicted molar refractivity (Wildman–Crippen MR) is 103 cm³/mol. The molecule has 2 N–H and O–H groups in total. The third kappa shape index (κ3) is 6.14. The van der Waals surface area contributed by atoms with E-state index in [-0.39, 0.29) is 6.54 Å². The number of para-hydroxylation sites is 2. The van der Waals surface area contributed by atoms with Gasteiger partial charge in [-0.2, -0.15) is 5.10 Å². The highest BCUT2D eigenvalue weighted by Gasteiger charge is 2.12. The largest absolute Gasteiger partial charge is 0.496 e. The molecule has 0 saturated heterocycles. The van der Waals surface area contributed by atoms with Crippen molar-refractivity contribution in [3.05, 3.63) is 59.7 Å². The van der Waals surface area contributed by atoms with Crippen LogP contribution in [0.1, 0.15) is 29.3 Å². The van der Waals surface area contributed by atoms with Gasteiger partial charge < -0.3 is 14.8 Å². The summed E-state index contributed by atoms with van der Waals surface area (Å²) < 4.78 is 10.8. The summed E-state index contributed by atoms with van der Waals surface area (Å²) in [7, 11) is 1.48. The SMILES string of the molecule is CCCOc1ccccc1C=NNC(=O)CNC(=O)c1ccccc1OC. The molecule has 0 radical (unpaired) electrons. The van der Waals surface area contributed by atoms with Crippen molar-refractivity contribution in [3.8, 4) is 11.5 Å². The number of benzene rings is 2. The van der Waals surface area contributed by atoms with Crippen molar-refractivity contribution in [2.45, 2.75) is 13.3 Å². The van der Waals surface area contributed by atoms with Gasteiger partial charge in [0.05, 0.1) is 32.0 Å². The summed E-state index contributed by atoms with van der Waals surface area (Å²) >= 11 is 0. The third-order valence-corrected chi connectivity index (χ3v) is 3.53. The number of ether oxygens (including phenoxy) is 2. The lowest BCUT2D eigenvalue weighted by Gasteiger charge is -2.08. The quantitative estimate of drug-likeness (QED) is 0.525. The normalized spacial score (nSPS) is 10.4. The van der Waals surface area contributed by atoms with Crippen LogP contribution in [0.15, 0.2) is 53.6 Å². The average molecular weight is 369 g/mol. The minimum Gasteiger partial charge on any atom is -0.496 e. The monoisotopic (exact) mass is 369 g/mol. The van der Waals surface area contributed by atoms with Gasteiger partial charge in [0.25, 0.3) is 11.8 Å². The molecule has 2 aromatic carbocycles. The number of nitrogens with zero attached hydrogens (tertiary/aromatic N) is 1. The van der Waals surface area contributed by atoms with E-state index in [2.05, 4.69) is 15.8 Å². The predicted octanol–water partition coefficient (Wildman–Crippen LogP) is 2.36. The number of hydrogen-bond acceptors (Lipinski definition) is 5. The highest BCUT2D eigenvalue weighted by atomic mass is 16.5. The maximum atomic E-state index is 12.1. The summed E-state index contributed by atoms with van der Waals surface area (Å²) in [4.78, 5) is 24.0.